The molecule has 16 heavy (non-hydrogen) atoms. The van der Waals surface area contributed by atoms with Crippen LogP contribution in [0.5, 0.6) is 0 Å². The van der Waals surface area contributed by atoms with E-state index in [0.29, 0.717) is 0 Å². The Hall–Kier alpha value is -0.580. The number of halogens is 1. The van der Waals surface area contributed by atoms with Gasteiger partial charge < -0.3 is 0 Å². The van der Waals surface area contributed by atoms with Gasteiger partial charge in [0.25, 0.3) is 0 Å². The van der Waals surface area contributed by atoms with Gasteiger partial charge in [0.15, 0.2) is 6.29 Å². The molecule has 0 saturated carbocycles. The third kappa shape index (κ3) is 3.20. The molecule has 2 rings (SSSR count). The van der Waals surface area contributed by atoms with Crippen molar-refractivity contribution >= 4 is 45.3 Å². The summed E-state index contributed by atoms with van der Waals surface area (Å²) in [7, 11) is 0. The Morgan fingerprint density at radius 2 is 1.94 bits per heavy atom. The van der Waals surface area contributed by atoms with E-state index in [1.807, 2.05) is 24.3 Å². The Kier molecular flexibility index (Phi) is 4.21. The fourth-order valence-corrected chi connectivity index (χ4v) is 3.25. The van der Waals surface area contributed by atoms with Gasteiger partial charge in [-0.2, -0.15) is 0 Å². The molecular formula is C12H9BrOS2. The number of hydrogen-bond acceptors (Lipinski definition) is 3. The maximum atomic E-state index is 10.5. The van der Waals surface area contributed by atoms with Crippen LogP contribution in [-0.4, -0.2) is 6.29 Å². The fraction of sp³-hybridized carbons (Fsp3) is 0.0833. The Balaban J connectivity index is 1.96. The van der Waals surface area contributed by atoms with Crippen LogP contribution in [0.15, 0.2) is 45.8 Å². The van der Waals surface area contributed by atoms with E-state index in [-0.39, 0.29) is 0 Å². The van der Waals surface area contributed by atoms with E-state index < -0.39 is 0 Å². The number of carbonyl (C=O) groups excluding carboxylic acids is 1. The largest absolute Gasteiger partial charge is 0.297 e. The van der Waals surface area contributed by atoms with Crippen LogP contribution in [0.1, 0.15) is 14.5 Å². The third-order valence-corrected chi connectivity index (χ3v) is 4.78. The molecule has 82 valence electrons. The number of hydrogen-bond donors (Lipinski definition) is 0. The average Bonchev–Trinajstić information content (AvgIpc) is 2.76. The Bertz CT molecular complexity index is 476. The highest BCUT2D eigenvalue weighted by molar-refractivity contribution is 9.10. The van der Waals surface area contributed by atoms with Gasteiger partial charge in [-0.05, 0) is 36.4 Å². The first-order valence-electron chi connectivity index (χ1n) is 4.70. The predicted octanol–water partition coefficient (Wildman–Crippen LogP) is 4.62. The van der Waals surface area contributed by atoms with E-state index in [4.69, 9.17) is 0 Å². The van der Waals surface area contributed by atoms with Gasteiger partial charge >= 0.3 is 0 Å². The van der Waals surface area contributed by atoms with Crippen molar-refractivity contribution in [3.05, 3.63) is 50.6 Å². The SMILES string of the molecule is O=Cc1ccc(CSc2ccc(Br)cc2)s1. The molecule has 0 N–H and O–H groups in total. The summed E-state index contributed by atoms with van der Waals surface area (Å²) in [6.45, 7) is 0. The molecule has 1 aromatic carbocycles. The molecule has 0 unspecified atom stereocenters. The molecular weight excluding hydrogens is 304 g/mol. The van der Waals surface area contributed by atoms with Crippen molar-refractivity contribution in [2.75, 3.05) is 0 Å². The minimum Gasteiger partial charge on any atom is -0.297 e. The van der Waals surface area contributed by atoms with Crippen molar-refractivity contribution in [1.82, 2.24) is 0 Å². The van der Waals surface area contributed by atoms with Crippen molar-refractivity contribution in [3.63, 3.8) is 0 Å². The second kappa shape index (κ2) is 5.66. The van der Waals surface area contributed by atoms with E-state index in [2.05, 4.69) is 28.1 Å². The molecule has 0 amide bonds. The van der Waals surface area contributed by atoms with E-state index in [0.717, 1.165) is 21.4 Å². The molecule has 1 nitrogen and oxygen atoms in total. The zero-order valence-electron chi connectivity index (χ0n) is 8.35. The maximum absolute atomic E-state index is 10.5. The first kappa shape index (κ1) is 11.9. The van der Waals surface area contributed by atoms with Gasteiger partial charge in [-0.1, -0.05) is 15.9 Å². The summed E-state index contributed by atoms with van der Waals surface area (Å²) >= 11 is 6.74. The number of benzene rings is 1. The summed E-state index contributed by atoms with van der Waals surface area (Å²) in [5.74, 6) is 0.917. The topological polar surface area (TPSA) is 17.1 Å². The lowest BCUT2D eigenvalue weighted by molar-refractivity contribution is 0.112. The molecule has 0 aliphatic heterocycles. The van der Waals surface area contributed by atoms with Gasteiger partial charge in [-0.25, -0.2) is 0 Å². The standard InChI is InChI=1S/C12H9BrOS2/c13-9-1-3-10(4-2-9)15-8-12-6-5-11(7-14)16-12/h1-7H,8H2. The van der Waals surface area contributed by atoms with Gasteiger partial charge in [-0.15, -0.1) is 23.1 Å². The minimum atomic E-state index is 0.798. The van der Waals surface area contributed by atoms with E-state index in [1.54, 1.807) is 23.1 Å². The summed E-state index contributed by atoms with van der Waals surface area (Å²) in [6.07, 6.45) is 0.901. The summed E-state index contributed by atoms with van der Waals surface area (Å²) in [5, 5.41) is 0. The second-order valence-corrected chi connectivity index (χ2v) is 6.33. The van der Waals surface area contributed by atoms with Gasteiger partial charge in [0.05, 0.1) is 4.88 Å². The minimum absolute atomic E-state index is 0.798. The smallest absolute Gasteiger partial charge is 0.160 e. The summed E-state index contributed by atoms with van der Waals surface area (Å²) in [4.78, 5) is 13.8. The van der Waals surface area contributed by atoms with Crippen molar-refractivity contribution in [3.8, 4) is 0 Å². The predicted molar refractivity (Wildman–Crippen MR) is 73.4 cm³/mol. The monoisotopic (exact) mass is 312 g/mol. The van der Waals surface area contributed by atoms with Crippen LogP contribution in [-0.2, 0) is 5.75 Å². The molecule has 0 atom stereocenters. The molecule has 1 aromatic heterocycles. The normalized spacial score (nSPS) is 10.3. The zero-order chi connectivity index (χ0) is 11.4. The molecule has 0 aliphatic rings. The molecule has 0 aliphatic carbocycles. The maximum Gasteiger partial charge on any atom is 0.160 e. The van der Waals surface area contributed by atoms with Crippen molar-refractivity contribution < 1.29 is 4.79 Å². The number of carbonyl (C=O) groups is 1. The lowest BCUT2D eigenvalue weighted by Gasteiger charge is -1.99. The van der Waals surface area contributed by atoms with E-state index in [9.17, 15) is 4.79 Å². The fourth-order valence-electron chi connectivity index (χ4n) is 1.22. The number of aldehydes is 1. The molecule has 1 heterocycles. The van der Waals surface area contributed by atoms with Crippen LogP contribution in [0.4, 0.5) is 0 Å². The lowest BCUT2D eigenvalue weighted by Crippen LogP contribution is -1.74. The Morgan fingerprint density at radius 3 is 2.56 bits per heavy atom. The lowest BCUT2D eigenvalue weighted by atomic mass is 10.4. The van der Waals surface area contributed by atoms with Crippen LogP contribution in [0, 0.1) is 0 Å². The molecule has 4 heteroatoms. The van der Waals surface area contributed by atoms with Crippen molar-refractivity contribution in [1.29, 1.82) is 0 Å². The number of thiophene rings is 1. The zero-order valence-corrected chi connectivity index (χ0v) is 11.6. The Labute approximate surface area is 111 Å². The molecule has 0 bridgehead atoms. The summed E-state index contributed by atoms with van der Waals surface area (Å²) in [6, 6.07) is 12.1. The van der Waals surface area contributed by atoms with Crippen LogP contribution in [0.3, 0.4) is 0 Å². The highest BCUT2D eigenvalue weighted by atomic mass is 79.9. The van der Waals surface area contributed by atoms with Gasteiger partial charge in [-0.3, -0.25) is 4.79 Å². The first-order valence-corrected chi connectivity index (χ1v) is 7.30. The summed E-state index contributed by atoms with van der Waals surface area (Å²) < 4.78 is 1.09. The van der Waals surface area contributed by atoms with Gasteiger partial charge in [0, 0.05) is 20.0 Å². The number of rotatable bonds is 4. The van der Waals surface area contributed by atoms with E-state index in [1.165, 1.54) is 9.77 Å². The van der Waals surface area contributed by atoms with Crippen molar-refractivity contribution in [2.45, 2.75) is 10.6 Å². The van der Waals surface area contributed by atoms with Crippen LogP contribution in [0.2, 0.25) is 0 Å². The van der Waals surface area contributed by atoms with Crippen LogP contribution in [0.25, 0.3) is 0 Å². The van der Waals surface area contributed by atoms with Gasteiger partial charge in [0.2, 0.25) is 0 Å². The first-order chi connectivity index (χ1) is 7.78. The average molecular weight is 313 g/mol. The molecule has 0 spiro atoms. The Morgan fingerprint density at radius 1 is 1.19 bits per heavy atom. The second-order valence-electron chi connectivity index (χ2n) is 3.16. The quantitative estimate of drug-likeness (QED) is 0.605. The van der Waals surface area contributed by atoms with Gasteiger partial charge in [0.1, 0.15) is 0 Å². The van der Waals surface area contributed by atoms with E-state index >= 15 is 0 Å². The van der Waals surface area contributed by atoms with Crippen LogP contribution < -0.4 is 0 Å². The highest BCUT2D eigenvalue weighted by Gasteiger charge is 2.00. The molecule has 2 aromatic rings. The number of thioether (sulfide) groups is 1. The molecule has 0 saturated heterocycles. The third-order valence-electron chi connectivity index (χ3n) is 1.99. The van der Waals surface area contributed by atoms with Crippen molar-refractivity contribution in [2.24, 2.45) is 0 Å². The van der Waals surface area contributed by atoms with Crippen LogP contribution >= 0.6 is 39.0 Å². The highest BCUT2D eigenvalue weighted by Crippen LogP contribution is 2.27. The molecule has 0 fully saturated rings. The summed E-state index contributed by atoms with van der Waals surface area (Å²) in [5.41, 5.74) is 0. The molecule has 0 radical (unpaired) electrons.